The van der Waals surface area contributed by atoms with E-state index in [-0.39, 0.29) is 84.5 Å². The van der Waals surface area contributed by atoms with Crippen LogP contribution in [0.2, 0.25) is 10.6 Å². The number of methoxy groups -OCH3 is 2. The lowest BCUT2D eigenvalue weighted by Crippen LogP contribution is -2.19. The van der Waals surface area contributed by atoms with Crippen LogP contribution in [-0.2, 0) is 52.1 Å². The third-order valence-electron chi connectivity index (χ3n) is 19.9. The van der Waals surface area contributed by atoms with Gasteiger partial charge >= 0.3 is 0 Å². The number of H-pyrrole nitrogens is 1. The van der Waals surface area contributed by atoms with Crippen molar-refractivity contribution in [2.45, 2.75) is 37.0 Å². The molecule has 0 bridgehead atoms. The minimum atomic E-state index is -4.92. The van der Waals surface area contributed by atoms with Gasteiger partial charge in [-0.3, -0.25) is 34.0 Å². The van der Waals surface area contributed by atoms with Gasteiger partial charge in [0.25, 0.3) is 30.1 Å². The molecule has 0 saturated carbocycles. The molecule has 1 atom stereocenters. The lowest BCUT2D eigenvalue weighted by atomic mass is 10.0. The van der Waals surface area contributed by atoms with Gasteiger partial charge in [0.2, 0.25) is 39.8 Å². The van der Waals surface area contributed by atoms with Crippen molar-refractivity contribution in [1.29, 1.82) is 5.41 Å². The Balaban J connectivity index is 0.000000155. The Bertz CT molecular complexity index is 8410. The van der Waals surface area contributed by atoms with Crippen LogP contribution in [0.15, 0.2) is 274 Å². The van der Waals surface area contributed by atoms with Crippen molar-refractivity contribution in [3.8, 4) is 76.6 Å². The van der Waals surface area contributed by atoms with E-state index < -0.39 is 174 Å². The summed E-state index contributed by atoms with van der Waals surface area (Å²) in [4.78, 5) is 84.8. The van der Waals surface area contributed by atoms with Gasteiger partial charge in [-0.1, -0.05) is 66.4 Å². The number of carbonyl (C=O) groups excluding carboxylic acids is 2. The number of hydrogen-bond donors (Lipinski definition) is 7. The summed E-state index contributed by atoms with van der Waals surface area (Å²) >= 11 is 14.6. The van der Waals surface area contributed by atoms with E-state index in [1.165, 1.54) is 154 Å². The Morgan fingerprint density at radius 1 is 0.445 bits per heavy atom. The zero-order valence-electron chi connectivity index (χ0n) is 73.6. The third-order valence-corrected chi connectivity index (χ3v) is 29.7. The number of sulfone groups is 1. The summed E-state index contributed by atoms with van der Waals surface area (Å²) in [5.41, 5.74) is 10.4. The van der Waals surface area contributed by atoms with Crippen LogP contribution in [0.3, 0.4) is 0 Å². The maximum Gasteiger partial charge on any atom is 0.267 e. The molecular formula is C93H61Cl2F12N19O13S7. The fraction of sp³-hybridized carbons (Fsp3) is 0.0538. The number of thioether (sulfide) groups is 1. The third kappa shape index (κ3) is 24.6. The summed E-state index contributed by atoms with van der Waals surface area (Å²) in [6.45, 7) is 0. The molecule has 0 radical (unpaired) electrons. The number of anilines is 5. The molecule has 0 aliphatic heterocycles. The number of hydrogen-bond acceptors (Lipinski definition) is 31. The molecule has 9 N–H and O–H groups in total. The lowest BCUT2D eigenvalue weighted by molar-refractivity contribution is 0.0977. The Labute approximate surface area is 840 Å². The van der Waals surface area contributed by atoms with Crippen molar-refractivity contribution < 1.29 is 105 Å². The number of halogens is 14. The number of nitrogen functional groups attached to an aromatic ring is 2. The van der Waals surface area contributed by atoms with Crippen LogP contribution < -0.4 is 40.7 Å². The number of thiazole rings is 2. The highest BCUT2D eigenvalue weighted by molar-refractivity contribution is 8.15. The van der Waals surface area contributed by atoms with Crippen LogP contribution in [0.4, 0.5) is 81.6 Å². The van der Waals surface area contributed by atoms with Gasteiger partial charge in [-0.15, -0.1) is 22.7 Å². The standard InChI is InChI=1S/C25H17ClF3N5O4S2.C25H17F3N6O3S2.C24H15F3N6O3S2.C19H12ClF3N2O3S/c1-38-19-9-8-13(12-32-19)24(30)39-22(18-10-11-31-25(26)33-18)21(35)14-4-2-7-17(20(14)29)34-40(36,37)23-15(27)5-3-6-16(23)28;1-37-19-9-8-13(12-31-19)24-33-21(22(38-24)18-10-11-30-25(29)32-18)14-4-2-7-17(20(14)28)34-39(35,36)23-15(26)5-3-6-16(23)27;25-14-4-2-5-15(26)22(14)38(35,36)33-16-6-1-3-13(19(16)27)20-21(17-9-10-29-24(28)31-17)37-23(32-20)12-7-8-18(34)30-11-12;20-19-24-8-7-12(25-19)9-16(26)13-4-1-3-11(17(13)23)10-29(27,28)18-14(21)5-2-6-15(18)22/h2-12,22,30,34H,1H3;2-12,34H,1H3,(H2,29,30,32);1-11,33H,(H,30,34)(H2,28,29,31);1-8H,9-10H2. The van der Waals surface area contributed by atoms with Crippen LogP contribution in [0, 0.1) is 75.2 Å². The largest absolute Gasteiger partial charge is 0.481 e. The fourth-order valence-electron chi connectivity index (χ4n) is 13.4. The number of Topliss-reactive ketones (excluding diaryl/α,β-unsaturated/α-hetero) is 2. The topological polar surface area (TPSA) is 489 Å². The average molecular weight is 2180 g/mol. The van der Waals surface area contributed by atoms with Crippen LogP contribution in [-0.4, -0.2) is 129 Å². The number of sulfonamides is 3. The number of benzene rings is 8. The Hall–Kier alpha value is -15.9. The first-order valence-corrected chi connectivity index (χ1v) is 50.3. The highest BCUT2D eigenvalue weighted by Gasteiger charge is 2.36. The van der Waals surface area contributed by atoms with Crippen LogP contribution in [0.25, 0.3) is 64.8 Å². The number of rotatable bonds is 28. The normalized spacial score (nSPS) is 11.6. The molecule has 17 rings (SSSR count). The number of aromatic amines is 1. The zero-order chi connectivity index (χ0) is 105. The zero-order valence-corrected chi connectivity index (χ0v) is 80.9. The molecule has 8 aromatic carbocycles. The summed E-state index contributed by atoms with van der Waals surface area (Å²) in [6, 6.07) is 39.8. The van der Waals surface area contributed by atoms with Crippen molar-refractivity contribution in [1.82, 2.24) is 64.8 Å². The first-order valence-electron chi connectivity index (χ1n) is 40.9. The second-order valence-electron chi connectivity index (χ2n) is 29.5. The van der Waals surface area contributed by atoms with Crippen LogP contribution in [0.5, 0.6) is 11.8 Å². The first kappa shape index (κ1) is 106. The maximum absolute atomic E-state index is 15.9. The molecular weight excluding hydrogens is 2110 g/mol. The van der Waals surface area contributed by atoms with Crippen LogP contribution in [0.1, 0.15) is 48.5 Å². The number of pyridine rings is 3. The highest BCUT2D eigenvalue weighted by atomic mass is 35.5. The van der Waals surface area contributed by atoms with Gasteiger partial charge in [0, 0.05) is 95.0 Å². The lowest BCUT2D eigenvalue weighted by Gasteiger charge is -2.17. The molecule has 53 heteroatoms. The van der Waals surface area contributed by atoms with E-state index in [4.69, 9.17) is 49.6 Å². The monoisotopic (exact) mass is 2170 g/mol. The molecule has 146 heavy (non-hydrogen) atoms. The van der Waals surface area contributed by atoms with Crippen molar-refractivity contribution >= 4 is 143 Å². The predicted octanol–water partition coefficient (Wildman–Crippen LogP) is 18.9. The molecule has 1 unspecified atom stereocenters. The van der Waals surface area contributed by atoms with Gasteiger partial charge < -0.3 is 25.9 Å². The summed E-state index contributed by atoms with van der Waals surface area (Å²) in [5, 5.41) is 7.58. The van der Waals surface area contributed by atoms with Crippen LogP contribution >= 0.6 is 57.6 Å². The molecule has 0 amide bonds. The highest BCUT2D eigenvalue weighted by Crippen LogP contribution is 2.46. The molecule has 746 valence electrons. The number of aromatic nitrogens is 13. The van der Waals surface area contributed by atoms with E-state index in [0.717, 1.165) is 114 Å². The number of ether oxygens (including phenoxy) is 2. The first-order chi connectivity index (χ1) is 69.5. The SMILES string of the molecule is COc1ccc(-c2nc(-c3cccc(NS(=O)(=O)c4c(F)cccc4F)c3F)c(-c3ccnc(N)n3)s2)cn1.COc1ccc(C(=N)SC(C(=O)c2cccc(NS(=O)(=O)c3c(F)cccc3F)c2F)c2ccnc(Cl)n2)cn1.Nc1nccc(-c2sc(-c3ccc(=O)[nH]c3)nc2-c2cccc(NS(=O)(=O)c3c(F)cccc3F)c2F)n1.O=C(Cc1ccnc(Cl)n1)c1cccc(CS(=O)(=O)c2c(F)cccc2F)c1F. The fourth-order valence-corrected chi connectivity index (χ4v) is 21.8. The predicted molar refractivity (Wildman–Crippen MR) is 518 cm³/mol. The second-order valence-corrected chi connectivity index (χ2v) is 40.1. The molecule has 0 saturated heterocycles. The number of nitrogens with one attached hydrogen (secondary N) is 5. The number of nitrogens with zero attached hydrogens (tertiary/aromatic N) is 12. The molecule has 17 aromatic rings. The molecule has 0 aliphatic rings. The van der Waals surface area contributed by atoms with Gasteiger partial charge in [-0.2, -0.15) is 0 Å². The van der Waals surface area contributed by atoms with Gasteiger partial charge in [-0.25, -0.2) is 146 Å². The van der Waals surface area contributed by atoms with Crippen molar-refractivity contribution in [3.05, 3.63) is 374 Å². The number of nitrogens with two attached hydrogens (primary N) is 2. The quantitative estimate of drug-likeness (QED) is 0.00787. The van der Waals surface area contributed by atoms with E-state index in [0.29, 0.717) is 71.4 Å². The van der Waals surface area contributed by atoms with Gasteiger partial charge in [0.15, 0.2) is 53.5 Å². The van der Waals surface area contributed by atoms with Gasteiger partial charge in [-0.05, 0) is 157 Å². The van der Waals surface area contributed by atoms with Crippen molar-refractivity contribution in [3.63, 3.8) is 0 Å². The minimum Gasteiger partial charge on any atom is -0.481 e. The summed E-state index contributed by atoms with van der Waals surface area (Å²) in [6.07, 6.45) is 9.46. The summed E-state index contributed by atoms with van der Waals surface area (Å²) < 4.78 is 292. The average Bonchev–Trinajstić information content (AvgIpc) is 1.64. The molecule has 0 spiro atoms. The van der Waals surface area contributed by atoms with Gasteiger partial charge in [0.05, 0.1) is 104 Å². The number of carbonyl (C=O) groups is 2. The molecule has 0 fully saturated rings. The molecule has 32 nitrogen and oxygen atoms in total. The van der Waals surface area contributed by atoms with E-state index in [9.17, 15) is 87.6 Å². The maximum atomic E-state index is 15.9. The van der Waals surface area contributed by atoms with Crippen molar-refractivity contribution in [2.75, 3.05) is 39.9 Å². The number of ketones is 2. The summed E-state index contributed by atoms with van der Waals surface area (Å²) in [5.74, 6) is -17.1. The van der Waals surface area contributed by atoms with Crippen molar-refractivity contribution in [2.24, 2.45) is 0 Å². The Morgan fingerprint density at radius 2 is 0.863 bits per heavy atom. The summed E-state index contributed by atoms with van der Waals surface area (Å²) in [7, 11) is -16.2. The van der Waals surface area contributed by atoms with E-state index in [2.05, 4.69) is 64.8 Å². The van der Waals surface area contributed by atoms with E-state index in [1.54, 1.807) is 22.9 Å². The Morgan fingerprint density at radius 3 is 1.30 bits per heavy atom. The second kappa shape index (κ2) is 45.4. The molecule has 9 aromatic heterocycles. The van der Waals surface area contributed by atoms with Gasteiger partial charge in [0.1, 0.15) is 72.5 Å². The van der Waals surface area contributed by atoms with E-state index >= 15 is 13.2 Å². The molecule has 9 heterocycles. The smallest absolute Gasteiger partial charge is 0.267 e. The van der Waals surface area contributed by atoms with E-state index in [1.807, 2.05) is 9.44 Å². The minimum absolute atomic E-state index is 0.0200. The molecule has 0 aliphatic carbocycles. The Kier molecular flexibility index (Phi) is 32.9.